The third kappa shape index (κ3) is 3.72. The van der Waals surface area contributed by atoms with Gasteiger partial charge < -0.3 is 15.4 Å². The Morgan fingerprint density at radius 1 is 1.08 bits per heavy atom. The van der Waals surface area contributed by atoms with E-state index in [4.69, 9.17) is 0 Å². The van der Waals surface area contributed by atoms with Crippen LogP contribution in [-0.2, 0) is 0 Å². The van der Waals surface area contributed by atoms with E-state index >= 15 is 0 Å². The van der Waals surface area contributed by atoms with Gasteiger partial charge in [0, 0.05) is 16.8 Å². The molecule has 1 aliphatic rings. The summed E-state index contributed by atoms with van der Waals surface area (Å²) in [4.78, 5) is 24.8. The third-order valence-corrected chi connectivity index (χ3v) is 3.99. The molecule has 5 nitrogen and oxygen atoms in total. The minimum absolute atomic E-state index is 0.000600. The molecule has 2 aromatic rings. The number of nitrogens with one attached hydrogen (secondary N) is 2. The van der Waals surface area contributed by atoms with Crippen molar-refractivity contribution >= 4 is 11.8 Å². The van der Waals surface area contributed by atoms with Crippen LogP contribution in [-0.4, -0.2) is 18.4 Å². The number of rotatable bonds is 5. The van der Waals surface area contributed by atoms with Crippen molar-refractivity contribution in [2.45, 2.75) is 19.6 Å². The highest BCUT2D eigenvalue weighted by molar-refractivity contribution is 6.11. The molecule has 0 radical (unpaired) electrons. The molecular formula is C19H16F2N2O3. The number of carbonyl (C=O) groups excluding carboxylic acids is 2. The number of carbonyl (C=O) groups is 2. The molecule has 0 aromatic heterocycles. The number of urea groups is 1. The highest BCUT2D eigenvalue weighted by Gasteiger charge is 2.31. The van der Waals surface area contributed by atoms with Crippen LogP contribution in [0.15, 0.2) is 65.9 Å². The fourth-order valence-corrected chi connectivity index (χ4v) is 2.83. The van der Waals surface area contributed by atoms with Gasteiger partial charge >= 0.3 is 12.6 Å². The fourth-order valence-electron chi connectivity index (χ4n) is 2.83. The van der Waals surface area contributed by atoms with Crippen molar-refractivity contribution in [3.63, 3.8) is 0 Å². The maximum atomic E-state index is 12.9. The Labute approximate surface area is 148 Å². The Morgan fingerprint density at radius 2 is 1.73 bits per heavy atom. The summed E-state index contributed by atoms with van der Waals surface area (Å²) >= 11 is 0. The minimum Gasteiger partial charge on any atom is -0.435 e. The van der Waals surface area contributed by atoms with Crippen LogP contribution >= 0.6 is 0 Å². The first-order valence-electron chi connectivity index (χ1n) is 7.88. The van der Waals surface area contributed by atoms with Crippen LogP contribution in [0.5, 0.6) is 5.75 Å². The first-order valence-corrected chi connectivity index (χ1v) is 7.88. The second-order valence-electron chi connectivity index (χ2n) is 5.71. The van der Waals surface area contributed by atoms with Gasteiger partial charge in [-0.25, -0.2) is 4.79 Å². The van der Waals surface area contributed by atoms with Gasteiger partial charge in [0.15, 0.2) is 5.78 Å². The van der Waals surface area contributed by atoms with Crippen LogP contribution in [0.3, 0.4) is 0 Å². The second kappa shape index (κ2) is 7.35. The van der Waals surface area contributed by atoms with Gasteiger partial charge in [0.1, 0.15) is 5.75 Å². The van der Waals surface area contributed by atoms with Gasteiger partial charge in [-0.3, -0.25) is 4.79 Å². The number of ketones is 1. The van der Waals surface area contributed by atoms with Gasteiger partial charge in [-0.2, -0.15) is 8.78 Å². The summed E-state index contributed by atoms with van der Waals surface area (Å²) in [5.41, 5.74) is 1.90. The first-order chi connectivity index (χ1) is 12.5. The summed E-state index contributed by atoms with van der Waals surface area (Å²) in [5.74, 6) is -0.228. The van der Waals surface area contributed by atoms with E-state index in [-0.39, 0.29) is 11.5 Å². The van der Waals surface area contributed by atoms with Crippen LogP contribution in [0.1, 0.15) is 28.9 Å². The molecule has 1 aliphatic heterocycles. The molecule has 1 atom stereocenters. The molecule has 2 amide bonds. The van der Waals surface area contributed by atoms with Crippen LogP contribution in [0.2, 0.25) is 0 Å². The molecule has 0 saturated heterocycles. The third-order valence-electron chi connectivity index (χ3n) is 3.99. The van der Waals surface area contributed by atoms with E-state index in [0.29, 0.717) is 22.4 Å². The lowest BCUT2D eigenvalue weighted by molar-refractivity contribution is -0.0498. The van der Waals surface area contributed by atoms with Crippen molar-refractivity contribution in [1.82, 2.24) is 10.6 Å². The van der Waals surface area contributed by atoms with E-state index < -0.39 is 18.7 Å². The molecule has 0 bridgehead atoms. The van der Waals surface area contributed by atoms with Gasteiger partial charge in [0.25, 0.3) is 0 Å². The molecule has 0 fully saturated rings. The maximum Gasteiger partial charge on any atom is 0.387 e. The van der Waals surface area contributed by atoms with E-state index in [1.54, 1.807) is 49.4 Å². The van der Waals surface area contributed by atoms with Crippen molar-refractivity contribution < 1.29 is 23.1 Å². The van der Waals surface area contributed by atoms with Gasteiger partial charge in [-0.15, -0.1) is 0 Å². The number of hydrogen-bond acceptors (Lipinski definition) is 3. The van der Waals surface area contributed by atoms with Crippen LogP contribution in [0.25, 0.3) is 0 Å². The molecule has 134 valence electrons. The topological polar surface area (TPSA) is 67.4 Å². The summed E-state index contributed by atoms with van der Waals surface area (Å²) < 4.78 is 28.9. The van der Waals surface area contributed by atoms with Crippen molar-refractivity contribution in [3.05, 3.63) is 77.0 Å². The number of Topliss-reactive ketones (excluding diaryl/α,β-unsaturated/α-hetero) is 1. The van der Waals surface area contributed by atoms with Crippen molar-refractivity contribution in [3.8, 4) is 5.75 Å². The highest BCUT2D eigenvalue weighted by atomic mass is 19.3. The maximum absolute atomic E-state index is 12.9. The van der Waals surface area contributed by atoms with Crippen molar-refractivity contribution in [2.75, 3.05) is 0 Å². The van der Waals surface area contributed by atoms with Crippen LogP contribution in [0.4, 0.5) is 13.6 Å². The van der Waals surface area contributed by atoms with E-state index in [9.17, 15) is 18.4 Å². The van der Waals surface area contributed by atoms with Crippen molar-refractivity contribution in [1.29, 1.82) is 0 Å². The number of benzene rings is 2. The molecule has 2 aromatic carbocycles. The lowest BCUT2D eigenvalue weighted by Gasteiger charge is -2.28. The SMILES string of the molecule is CC1=C(C(=O)c2ccccc2)[C@@H](c2ccc(OC(F)F)cc2)NC(=O)N1. The summed E-state index contributed by atoms with van der Waals surface area (Å²) in [5, 5.41) is 5.31. The molecule has 3 rings (SSSR count). The monoisotopic (exact) mass is 358 g/mol. The average Bonchev–Trinajstić information content (AvgIpc) is 2.61. The molecule has 0 spiro atoms. The molecule has 1 heterocycles. The summed E-state index contributed by atoms with van der Waals surface area (Å²) in [6.45, 7) is -1.27. The van der Waals surface area contributed by atoms with Crippen LogP contribution < -0.4 is 15.4 Å². The smallest absolute Gasteiger partial charge is 0.387 e. The van der Waals surface area contributed by atoms with Crippen LogP contribution in [0, 0.1) is 0 Å². The Hall–Kier alpha value is -3.22. The molecule has 26 heavy (non-hydrogen) atoms. The molecular weight excluding hydrogens is 342 g/mol. The number of allylic oxidation sites excluding steroid dienone is 1. The van der Waals surface area contributed by atoms with Gasteiger partial charge in [0.05, 0.1) is 6.04 Å². The number of alkyl halides is 2. The first kappa shape index (κ1) is 17.6. The highest BCUT2D eigenvalue weighted by Crippen LogP contribution is 2.30. The second-order valence-corrected chi connectivity index (χ2v) is 5.71. The van der Waals surface area contributed by atoms with E-state index in [1.165, 1.54) is 12.1 Å². The predicted octanol–water partition coefficient (Wildman–Crippen LogP) is 3.80. The Morgan fingerprint density at radius 3 is 2.35 bits per heavy atom. The largest absolute Gasteiger partial charge is 0.435 e. The quantitative estimate of drug-likeness (QED) is 0.799. The zero-order valence-corrected chi connectivity index (χ0v) is 13.8. The lowest BCUT2D eigenvalue weighted by atomic mass is 9.89. The van der Waals surface area contributed by atoms with Crippen molar-refractivity contribution in [2.24, 2.45) is 0 Å². The van der Waals surface area contributed by atoms with Gasteiger partial charge in [0.2, 0.25) is 0 Å². The minimum atomic E-state index is -2.92. The zero-order valence-electron chi connectivity index (χ0n) is 13.8. The fraction of sp³-hybridized carbons (Fsp3) is 0.158. The van der Waals surface area contributed by atoms with E-state index in [2.05, 4.69) is 15.4 Å². The summed E-state index contributed by atoms with van der Waals surface area (Å²) in [6, 6.07) is 13.4. The molecule has 0 unspecified atom stereocenters. The number of ether oxygens (including phenoxy) is 1. The number of halogens is 2. The zero-order chi connectivity index (χ0) is 18.7. The van der Waals surface area contributed by atoms with E-state index in [0.717, 1.165) is 0 Å². The summed E-state index contributed by atoms with van der Waals surface area (Å²) in [6.07, 6.45) is 0. The Balaban J connectivity index is 1.96. The Kier molecular flexibility index (Phi) is 4.97. The number of hydrogen-bond donors (Lipinski definition) is 2. The van der Waals surface area contributed by atoms with Gasteiger partial charge in [-0.05, 0) is 24.6 Å². The summed E-state index contributed by atoms with van der Waals surface area (Å²) in [7, 11) is 0. The lowest BCUT2D eigenvalue weighted by Crippen LogP contribution is -2.45. The molecule has 0 aliphatic carbocycles. The van der Waals surface area contributed by atoms with E-state index in [1.807, 2.05) is 0 Å². The molecule has 0 saturated carbocycles. The van der Waals surface area contributed by atoms with Gasteiger partial charge in [-0.1, -0.05) is 42.5 Å². The standard InChI is InChI=1S/C19H16F2N2O3/c1-11-15(17(24)13-5-3-2-4-6-13)16(23-19(25)22-11)12-7-9-14(10-8-12)26-18(20)21/h2-10,16,18H,1H3,(H2,22,23,25)/t16-/m1/s1. The average molecular weight is 358 g/mol. The normalized spacial score (nSPS) is 16.9. The Bertz CT molecular complexity index is 849. The predicted molar refractivity (Wildman–Crippen MR) is 91.0 cm³/mol. The molecule has 7 heteroatoms. The number of amides is 2. The molecule has 2 N–H and O–H groups in total.